The van der Waals surface area contributed by atoms with Gasteiger partial charge in [-0.25, -0.2) is 0 Å². The Hall–Kier alpha value is -2.93. The van der Waals surface area contributed by atoms with Crippen LogP contribution in [0.2, 0.25) is 0 Å². The average molecular weight is 385 g/mol. The van der Waals surface area contributed by atoms with Gasteiger partial charge in [0.25, 0.3) is 5.56 Å². The Morgan fingerprint density at radius 1 is 1.12 bits per heavy atom. The van der Waals surface area contributed by atoms with Crippen molar-refractivity contribution in [3.05, 3.63) is 81.2 Å². The van der Waals surface area contributed by atoms with Gasteiger partial charge in [-0.1, -0.05) is 30.3 Å². The number of phenolic OH excluding ortho intramolecular Hbond substituents is 1. The van der Waals surface area contributed by atoms with E-state index in [4.69, 9.17) is 0 Å². The fourth-order valence-corrected chi connectivity index (χ4v) is 2.39. The fraction of sp³-hybridized carbons (Fsp3) is 0. The van der Waals surface area contributed by atoms with Crippen LogP contribution in [-0.2, 0) is 0 Å². The maximum Gasteiger partial charge on any atom is 0.287 e. The molecule has 0 aliphatic heterocycles. The van der Waals surface area contributed by atoms with Gasteiger partial charge in [-0.2, -0.15) is 14.9 Å². The van der Waals surface area contributed by atoms with Crippen LogP contribution in [0.1, 0.15) is 5.56 Å². The van der Waals surface area contributed by atoms with Crippen LogP contribution >= 0.6 is 15.9 Å². The maximum atomic E-state index is 12.4. The third kappa shape index (κ3) is 3.36. The van der Waals surface area contributed by atoms with Crippen molar-refractivity contribution in [1.82, 2.24) is 9.78 Å². The number of aromatic hydroxyl groups is 1. The molecule has 6 nitrogen and oxygen atoms in total. The molecule has 3 rings (SSSR count). The molecular formula is C17H13BrN4O2. The van der Waals surface area contributed by atoms with Crippen molar-refractivity contribution in [3.63, 3.8) is 0 Å². The molecule has 1 heterocycles. The summed E-state index contributed by atoms with van der Waals surface area (Å²) < 4.78 is 1.61. The molecule has 120 valence electrons. The van der Waals surface area contributed by atoms with E-state index in [2.05, 4.69) is 31.6 Å². The Balaban J connectivity index is 1.84. The first kappa shape index (κ1) is 15.9. The minimum absolute atomic E-state index is 0.125. The highest BCUT2D eigenvalue weighted by atomic mass is 79.9. The molecule has 2 N–H and O–H groups in total. The first-order chi connectivity index (χ1) is 11.7. The average Bonchev–Trinajstić information content (AvgIpc) is 2.61. The SMILES string of the molecule is O=c1c(Br)c(N/N=C/c2ccccc2O)cnn1-c1ccccc1. The molecule has 0 unspecified atom stereocenters. The van der Waals surface area contributed by atoms with Crippen LogP contribution in [0, 0.1) is 0 Å². The number of anilines is 1. The van der Waals surface area contributed by atoms with Crippen LogP contribution in [0.3, 0.4) is 0 Å². The summed E-state index contributed by atoms with van der Waals surface area (Å²) in [7, 11) is 0. The minimum atomic E-state index is -0.302. The number of hydrazone groups is 1. The molecular weight excluding hydrogens is 372 g/mol. The van der Waals surface area contributed by atoms with E-state index in [0.717, 1.165) is 0 Å². The first-order valence-corrected chi connectivity index (χ1v) is 7.86. The molecule has 1 aromatic heterocycles. The van der Waals surface area contributed by atoms with Crippen molar-refractivity contribution in [2.45, 2.75) is 0 Å². The topological polar surface area (TPSA) is 79.5 Å². The van der Waals surface area contributed by atoms with Gasteiger partial charge in [0.1, 0.15) is 10.2 Å². The second kappa shape index (κ2) is 7.10. The molecule has 0 radical (unpaired) electrons. The summed E-state index contributed by atoms with van der Waals surface area (Å²) in [6.45, 7) is 0. The normalized spacial score (nSPS) is 10.9. The van der Waals surface area contributed by atoms with Gasteiger partial charge < -0.3 is 5.11 Å². The summed E-state index contributed by atoms with van der Waals surface area (Å²) in [5.74, 6) is 0.125. The molecule has 0 saturated heterocycles. The molecule has 7 heteroatoms. The Kier molecular flexibility index (Phi) is 4.72. The predicted molar refractivity (Wildman–Crippen MR) is 96.9 cm³/mol. The number of hydrogen-bond donors (Lipinski definition) is 2. The van der Waals surface area contributed by atoms with Crippen LogP contribution < -0.4 is 11.0 Å². The van der Waals surface area contributed by atoms with Crippen molar-refractivity contribution in [1.29, 1.82) is 0 Å². The first-order valence-electron chi connectivity index (χ1n) is 7.07. The summed E-state index contributed by atoms with van der Waals surface area (Å²) in [6.07, 6.45) is 2.96. The van der Waals surface area contributed by atoms with Gasteiger partial charge in [-0.15, -0.1) is 0 Å². The lowest BCUT2D eigenvalue weighted by molar-refractivity contribution is 0.474. The van der Waals surface area contributed by atoms with E-state index >= 15 is 0 Å². The van der Waals surface area contributed by atoms with E-state index in [9.17, 15) is 9.90 Å². The number of aromatic nitrogens is 2. The lowest BCUT2D eigenvalue weighted by Gasteiger charge is -2.07. The standard InChI is InChI=1S/C17H13BrN4O2/c18-16-14(21-19-10-12-6-4-5-9-15(12)23)11-20-22(17(16)24)13-7-2-1-3-8-13/h1-11,21,23H/b19-10+. The molecule has 24 heavy (non-hydrogen) atoms. The number of nitrogens with zero attached hydrogens (tertiary/aromatic N) is 3. The molecule has 0 atom stereocenters. The number of rotatable bonds is 4. The monoisotopic (exact) mass is 384 g/mol. The van der Waals surface area contributed by atoms with E-state index < -0.39 is 0 Å². The zero-order valence-corrected chi connectivity index (χ0v) is 14.0. The van der Waals surface area contributed by atoms with Crippen LogP contribution in [-0.4, -0.2) is 21.1 Å². The van der Waals surface area contributed by atoms with Crippen LogP contribution in [0.15, 0.2) is 75.2 Å². The lowest BCUT2D eigenvalue weighted by atomic mass is 10.2. The minimum Gasteiger partial charge on any atom is -0.507 e. The number of benzene rings is 2. The van der Waals surface area contributed by atoms with Crippen LogP contribution in [0.5, 0.6) is 5.75 Å². The summed E-state index contributed by atoms with van der Waals surface area (Å²) in [4.78, 5) is 12.4. The summed E-state index contributed by atoms with van der Waals surface area (Å²) in [5.41, 5.74) is 4.11. The van der Waals surface area contributed by atoms with Gasteiger partial charge in [0, 0.05) is 5.56 Å². The Morgan fingerprint density at radius 2 is 1.83 bits per heavy atom. The highest BCUT2D eigenvalue weighted by Crippen LogP contribution is 2.18. The van der Waals surface area contributed by atoms with Crippen LogP contribution in [0.25, 0.3) is 5.69 Å². The molecule has 0 bridgehead atoms. The van der Waals surface area contributed by atoms with Gasteiger partial charge >= 0.3 is 0 Å². The van der Waals surface area contributed by atoms with Crippen molar-refractivity contribution >= 4 is 27.8 Å². The van der Waals surface area contributed by atoms with Gasteiger partial charge in [-0.05, 0) is 40.2 Å². The van der Waals surface area contributed by atoms with E-state index in [-0.39, 0.29) is 11.3 Å². The Labute approximate surface area is 146 Å². The maximum absolute atomic E-state index is 12.4. The fourth-order valence-electron chi connectivity index (χ4n) is 2.03. The summed E-state index contributed by atoms with van der Waals surface area (Å²) >= 11 is 3.27. The highest BCUT2D eigenvalue weighted by Gasteiger charge is 2.09. The quantitative estimate of drug-likeness (QED) is 0.534. The van der Waals surface area contributed by atoms with Gasteiger partial charge in [0.15, 0.2) is 0 Å². The molecule has 0 aliphatic carbocycles. The summed E-state index contributed by atoms with van der Waals surface area (Å²) in [5, 5.41) is 17.8. The Morgan fingerprint density at radius 3 is 2.58 bits per heavy atom. The third-order valence-corrected chi connectivity index (χ3v) is 4.01. The van der Waals surface area contributed by atoms with Crippen LogP contribution in [0.4, 0.5) is 5.69 Å². The van der Waals surface area contributed by atoms with Gasteiger partial charge in [-0.3, -0.25) is 10.2 Å². The van der Waals surface area contributed by atoms with Crippen molar-refractivity contribution in [3.8, 4) is 11.4 Å². The molecule has 0 spiro atoms. The van der Waals surface area contributed by atoms with E-state index in [1.807, 2.05) is 18.2 Å². The zero-order valence-electron chi connectivity index (χ0n) is 12.4. The Bertz CT molecular complexity index is 939. The zero-order chi connectivity index (χ0) is 16.9. The summed E-state index contributed by atoms with van der Waals surface area (Å²) in [6, 6.07) is 15.9. The largest absolute Gasteiger partial charge is 0.507 e. The number of hydrogen-bond acceptors (Lipinski definition) is 5. The highest BCUT2D eigenvalue weighted by molar-refractivity contribution is 9.10. The number of para-hydroxylation sites is 2. The molecule has 2 aromatic carbocycles. The second-order valence-electron chi connectivity index (χ2n) is 4.85. The van der Waals surface area contributed by atoms with Crippen molar-refractivity contribution in [2.75, 3.05) is 5.43 Å². The van der Waals surface area contributed by atoms with Gasteiger partial charge in [0.2, 0.25) is 0 Å². The third-order valence-electron chi connectivity index (χ3n) is 3.25. The number of halogens is 1. The molecule has 3 aromatic rings. The van der Waals surface area contributed by atoms with Crippen molar-refractivity contribution in [2.24, 2.45) is 5.10 Å². The number of nitrogens with one attached hydrogen (secondary N) is 1. The van der Waals surface area contributed by atoms with Gasteiger partial charge in [0.05, 0.1) is 23.8 Å². The smallest absolute Gasteiger partial charge is 0.287 e. The molecule has 0 saturated carbocycles. The van der Waals surface area contributed by atoms with E-state index in [1.165, 1.54) is 17.1 Å². The van der Waals surface area contributed by atoms with E-state index in [0.29, 0.717) is 21.4 Å². The molecule has 0 aliphatic rings. The molecule has 0 fully saturated rings. The number of phenols is 1. The predicted octanol–water partition coefficient (Wildman–Crippen LogP) is 3.15. The molecule has 0 amide bonds. The van der Waals surface area contributed by atoms with Crippen molar-refractivity contribution < 1.29 is 5.11 Å². The van der Waals surface area contributed by atoms with E-state index in [1.54, 1.807) is 36.4 Å². The second-order valence-corrected chi connectivity index (χ2v) is 5.65. The lowest BCUT2D eigenvalue weighted by Crippen LogP contribution is -2.22.